The Labute approximate surface area is 177 Å². The largest absolute Gasteiger partial charge is 0.342 e. The molecule has 2 aliphatic heterocycles. The highest BCUT2D eigenvalue weighted by Gasteiger charge is 2.27. The van der Waals surface area contributed by atoms with Crippen molar-refractivity contribution >= 4 is 28.6 Å². The van der Waals surface area contributed by atoms with Crippen LogP contribution in [0.1, 0.15) is 39.0 Å². The second kappa shape index (κ2) is 9.35. The van der Waals surface area contributed by atoms with Gasteiger partial charge in [-0.05, 0) is 51.8 Å². The minimum absolute atomic E-state index is 0.00324. The van der Waals surface area contributed by atoms with E-state index in [4.69, 9.17) is 0 Å². The topological polar surface area (TPSA) is 45.6 Å². The number of hydrogen-bond acceptors (Lipinski definition) is 4. The van der Waals surface area contributed by atoms with Gasteiger partial charge in [0.25, 0.3) is 5.56 Å². The van der Waals surface area contributed by atoms with E-state index in [0.717, 1.165) is 41.7 Å². The third kappa shape index (κ3) is 4.53. The van der Waals surface area contributed by atoms with Crippen LogP contribution in [0, 0.1) is 0 Å². The lowest BCUT2D eigenvalue weighted by Crippen LogP contribution is -2.48. The highest BCUT2D eigenvalue weighted by Crippen LogP contribution is 2.27. The number of rotatable bonds is 5. The van der Waals surface area contributed by atoms with Gasteiger partial charge >= 0.3 is 0 Å². The highest BCUT2D eigenvalue weighted by atomic mass is 32.2. The van der Waals surface area contributed by atoms with Crippen molar-refractivity contribution in [3.05, 3.63) is 40.7 Å². The van der Waals surface area contributed by atoms with Crippen LogP contribution in [-0.4, -0.2) is 58.2 Å². The number of piperidine rings is 2. The van der Waals surface area contributed by atoms with Gasteiger partial charge in [0.15, 0.2) is 0 Å². The summed E-state index contributed by atoms with van der Waals surface area (Å²) in [5.74, 6) is 0.587. The van der Waals surface area contributed by atoms with E-state index in [0.29, 0.717) is 18.3 Å². The fraction of sp³-hybridized carbons (Fsp3) is 0.565. The number of aryl methyl sites for hydroxylation is 1. The number of fused-ring (bicyclic) bond motifs is 1. The van der Waals surface area contributed by atoms with Crippen molar-refractivity contribution in [1.29, 1.82) is 0 Å². The molecule has 3 heterocycles. The van der Waals surface area contributed by atoms with E-state index in [1.54, 1.807) is 10.6 Å². The molecule has 29 heavy (non-hydrogen) atoms. The lowest BCUT2D eigenvalue weighted by molar-refractivity contribution is -0.129. The van der Waals surface area contributed by atoms with E-state index in [1.165, 1.54) is 44.1 Å². The SMILES string of the molecule is CCn1c(=O)cc(SCC(=O)N2CCC(N3CCCCC3)CC2)c2ccccc21. The molecule has 0 bridgehead atoms. The van der Waals surface area contributed by atoms with Crippen LogP contribution < -0.4 is 5.56 Å². The Morgan fingerprint density at radius 3 is 2.52 bits per heavy atom. The number of nitrogens with zero attached hydrogens (tertiary/aromatic N) is 3. The number of pyridine rings is 1. The molecule has 0 radical (unpaired) electrons. The maximum atomic E-state index is 12.8. The summed E-state index contributed by atoms with van der Waals surface area (Å²) >= 11 is 1.50. The average molecular weight is 414 g/mol. The molecule has 156 valence electrons. The molecular weight excluding hydrogens is 382 g/mol. The smallest absolute Gasteiger partial charge is 0.252 e. The molecule has 4 rings (SSSR count). The van der Waals surface area contributed by atoms with Crippen LogP contribution in [0.25, 0.3) is 10.9 Å². The Balaban J connectivity index is 1.37. The molecule has 5 nitrogen and oxygen atoms in total. The van der Waals surface area contributed by atoms with Crippen LogP contribution in [0.3, 0.4) is 0 Å². The Morgan fingerprint density at radius 2 is 1.79 bits per heavy atom. The Bertz CT molecular complexity index is 912. The van der Waals surface area contributed by atoms with Crippen molar-refractivity contribution in [3.8, 4) is 0 Å². The van der Waals surface area contributed by atoms with Crippen molar-refractivity contribution in [2.45, 2.75) is 56.5 Å². The molecule has 0 atom stereocenters. The zero-order valence-corrected chi connectivity index (χ0v) is 18.1. The van der Waals surface area contributed by atoms with Gasteiger partial charge in [0.2, 0.25) is 5.91 Å². The quantitative estimate of drug-likeness (QED) is 0.703. The predicted octanol–water partition coefficient (Wildman–Crippen LogP) is 3.59. The predicted molar refractivity (Wildman–Crippen MR) is 120 cm³/mol. The number of carbonyl (C=O) groups is 1. The number of thioether (sulfide) groups is 1. The maximum absolute atomic E-state index is 12.8. The summed E-state index contributed by atoms with van der Waals surface area (Å²) in [5, 5.41) is 1.05. The van der Waals surface area contributed by atoms with E-state index in [2.05, 4.69) is 4.90 Å². The van der Waals surface area contributed by atoms with Crippen molar-refractivity contribution in [1.82, 2.24) is 14.4 Å². The third-order valence-corrected chi connectivity index (χ3v) is 7.41. The molecule has 1 aromatic heterocycles. The number of aromatic nitrogens is 1. The average Bonchev–Trinajstić information content (AvgIpc) is 2.78. The van der Waals surface area contributed by atoms with Crippen LogP contribution in [0.4, 0.5) is 0 Å². The van der Waals surface area contributed by atoms with Crippen molar-refractivity contribution in [2.75, 3.05) is 31.9 Å². The van der Waals surface area contributed by atoms with Gasteiger partial charge < -0.3 is 14.4 Å². The minimum Gasteiger partial charge on any atom is -0.342 e. The summed E-state index contributed by atoms with van der Waals surface area (Å²) in [6, 6.07) is 10.3. The molecule has 1 amide bonds. The van der Waals surface area contributed by atoms with Gasteiger partial charge in [-0.15, -0.1) is 11.8 Å². The molecule has 0 spiro atoms. The summed E-state index contributed by atoms with van der Waals surface area (Å²) in [5.41, 5.74) is 0.947. The second-order valence-corrected chi connectivity index (χ2v) is 9.12. The molecule has 1 aromatic carbocycles. The van der Waals surface area contributed by atoms with Gasteiger partial charge in [-0.25, -0.2) is 0 Å². The number of para-hydroxylation sites is 1. The zero-order valence-electron chi connectivity index (χ0n) is 17.3. The number of benzene rings is 1. The molecule has 0 N–H and O–H groups in total. The summed E-state index contributed by atoms with van der Waals surface area (Å²) < 4.78 is 1.78. The van der Waals surface area contributed by atoms with Crippen molar-refractivity contribution in [2.24, 2.45) is 0 Å². The van der Waals surface area contributed by atoms with E-state index in [1.807, 2.05) is 36.1 Å². The fourth-order valence-electron chi connectivity index (χ4n) is 4.74. The summed E-state index contributed by atoms with van der Waals surface area (Å²) in [6.45, 7) is 6.81. The van der Waals surface area contributed by atoms with Crippen LogP contribution in [-0.2, 0) is 11.3 Å². The first-order chi connectivity index (χ1) is 14.2. The maximum Gasteiger partial charge on any atom is 0.252 e. The number of likely N-dealkylation sites (tertiary alicyclic amines) is 2. The van der Waals surface area contributed by atoms with Gasteiger partial charge in [0, 0.05) is 42.0 Å². The van der Waals surface area contributed by atoms with E-state index in [9.17, 15) is 9.59 Å². The van der Waals surface area contributed by atoms with E-state index < -0.39 is 0 Å². The molecule has 2 saturated heterocycles. The Morgan fingerprint density at radius 1 is 1.07 bits per heavy atom. The van der Waals surface area contributed by atoms with Gasteiger partial charge in [-0.2, -0.15) is 0 Å². The summed E-state index contributed by atoms with van der Waals surface area (Å²) in [4.78, 5) is 30.8. The molecule has 2 aromatic rings. The first-order valence-corrected chi connectivity index (χ1v) is 11.9. The molecule has 0 aliphatic carbocycles. The van der Waals surface area contributed by atoms with E-state index in [-0.39, 0.29) is 11.5 Å². The van der Waals surface area contributed by atoms with Gasteiger partial charge in [0.05, 0.1) is 11.3 Å². The first kappa shape index (κ1) is 20.5. The molecular formula is C23H31N3O2S. The summed E-state index contributed by atoms with van der Waals surface area (Å²) in [6.07, 6.45) is 6.18. The second-order valence-electron chi connectivity index (χ2n) is 8.11. The van der Waals surface area contributed by atoms with Gasteiger partial charge in [-0.3, -0.25) is 9.59 Å². The standard InChI is InChI=1S/C23H31N3O2S/c1-2-26-20-9-5-4-8-19(20)21(16-22(26)27)29-17-23(28)25-14-10-18(11-15-25)24-12-6-3-7-13-24/h4-5,8-9,16,18H,2-3,6-7,10-15,17H2,1H3. The van der Waals surface area contributed by atoms with Crippen molar-refractivity contribution in [3.63, 3.8) is 0 Å². The van der Waals surface area contributed by atoms with Crippen LogP contribution in [0.2, 0.25) is 0 Å². The molecule has 6 heteroatoms. The monoisotopic (exact) mass is 413 g/mol. The van der Waals surface area contributed by atoms with Crippen LogP contribution >= 0.6 is 11.8 Å². The van der Waals surface area contributed by atoms with Crippen LogP contribution in [0.15, 0.2) is 40.0 Å². The third-order valence-electron chi connectivity index (χ3n) is 6.37. The Kier molecular flexibility index (Phi) is 6.60. The number of amides is 1. The number of carbonyl (C=O) groups excluding carboxylic acids is 1. The lowest BCUT2D eigenvalue weighted by Gasteiger charge is -2.40. The summed E-state index contributed by atoms with van der Waals surface area (Å²) in [7, 11) is 0. The molecule has 0 unspecified atom stereocenters. The van der Waals surface area contributed by atoms with E-state index >= 15 is 0 Å². The first-order valence-electron chi connectivity index (χ1n) is 10.9. The highest BCUT2D eigenvalue weighted by molar-refractivity contribution is 8.00. The minimum atomic E-state index is 0.00324. The van der Waals surface area contributed by atoms with Crippen molar-refractivity contribution < 1.29 is 4.79 Å². The fourth-order valence-corrected chi connectivity index (χ4v) is 5.72. The lowest BCUT2D eigenvalue weighted by atomic mass is 10.00. The van der Waals surface area contributed by atoms with Crippen LogP contribution in [0.5, 0.6) is 0 Å². The zero-order chi connectivity index (χ0) is 20.2. The number of hydrogen-bond donors (Lipinski definition) is 0. The normalized spacial score (nSPS) is 19.0. The van der Waals surface area contributed by atoms with Gasteiger partial charge in [-0.1, -0.05) is 24.6 Å². The van der Waals surface area contributed by atoms with Gasteiger partial charge in [0.1, 0.15) is 0 Å². The Hall–Kier alpha value is -1.79. The molecule has 2 aliphatic rings. The molecule has 0 saturated carbocycles. The molecule has 2 fully saturated rings.